The van der Waals surface area contributed by atoms with E-state index in [4.69, 9.17) is 0 Å². The highest BCUT2D eigenvalue weighted by Gasteiger charge is 2.34. The molecule has 0 radical (unpaired) electrons. The first-order valence-electron chi connectivity index (χ1n) is 14.0. The maximum atomic E-state index is 14.2. The summed E-state index contributed by atoms with van der Waals surface area (Å²) in [6, 6.07) is 22.4. The van der Waals surface area contributed by atoms with Gasteiger partial charge in [-0.1, -0.05) is 79.9 Å². The molecule has 0 bridgehead atoms. The number of nitrogens with zero attached hydrogens (tertiary/aromatic N) is 2. The molecule has 1 aliphatic rings. The van der Waals surface area contributed by atoms with Gasteiger partial charge < -0.3 is 10.2 Å². The van der Waals surface area contributed by atoms with Crippen molar-refractivity contribution in [2.45, 2.75) is 76.4 Å². The number of sulfonamides is 1. The topological polar surface area (TPSA) is 86.8 Å². The third-order valence-electron chi connectivity index (χ3n) is 7.42. The van der Waals surface area contributed by atoms with Crippen LogP contribution in [0.25, 0.3) is 0 Å². The second kappa shape index (κ2) is 13.1. The highest BCUT2D eigenvalue weighted by molar-refractivity contribution is 7.92. The van der Waals surface area contributed by atoms with Crippen molar-refractivity contribution in [2.24, 2.45) is 0 Å². The van der Waals surface area contributed by atoms with E-state index in [0.29, 0.717) is 12.1 Å². The van der Waals surface area contributed by atoms with Crippen LogP contribution in [0.4, 0.5) is 5.69 Å². The fraction of sp³-hybridized carbons (Fsp3) is 0.375. The van der Waals surface area contributed by atoms with E-state index in [2.05, 4.69) is 5.32 Å². The molecule has 0 unspecified atom stereocenters. The number of anilines is 1. The van der Waals surface area contributed by atoms with Crippen molar-refractivity contribution < 1.29 is 18.0 Å². The van der Waals surface area contributed by atoms with Crippen LogP contribution in [0, 0.1) is 13.8 Å². The highest BCUT2D eigenvalue weighted by atomic mass is 32.2. The number of nitrogens with one attached hydrogen (secondary N) is 1. The minimum atomic E-state index is -4.07. The summed E-state index contributed by atoms with van der Waals surface area (Å²) in [6.07, 6.45) is 4.44. The molecule has 3 aromatic carbocycles. The summed E-state index contributed by atoms with van der Waals surface area (Å²) in [6.45, 7) is 5.51. The van der Waals surface area contributed by atoms with Crippen molar-refractivity contribution in [2.75, 3.05) is 10.8 Å². The molecule has 0 aromatic heterocycles. The molecule has 1 saturated carbocycles. The van der Waals surface area contributed by atoms with Gasteiger partial charge in [0.05, 0.1) is 10.6 Å². The molecule has 0 heterocycles. The Labute approximate surface area is 238 Å². The molecule has 0 saturated heterocycles. The van der Waals surface area contributed by atoms with Gasteiger partial charge in [-0.05, 0) is 68.5 Å². The minimum Gasteiger partial charge on any atom is -0.352 e. The summed E-state index contributed by atoms with van der Waals surface area (Å²) in [5.41, 5.74) is 3.20. The van der Waals surface area contributed by atoms with Crippen molar-refractivity contribution in [1.82, 2.24) is 10.2 Å². The quantitative estimate of drug-likeness (QED) is 0.341. The molecular formula is C32H39N3O4S. The molecule has 2 amide bonds. The largest absolute Gasteiger partial charge is 0.352 e. The summed E-state index contributed by atoms with van der Waals surface area (Å²) < 4.78 is 28.9. The zero-order chi connectivity index (χ0) is 28.7. The van der Waals surface area contributed by atoms with E-state index in [9.17, 15) is 18.0 Å². The van der Waals surface area contributed by atoms with Crippen LogP contribution in [-0.4, -0.2) is 43.8 Å². The Bertz CT molecular complexity index is 1420. The molecule has 1 fully saturated rings. The lowest BCUT2D eigenvalue weighted by Crippen LogP contribution is -2.53. The van der Waals surface area contributed by atoms with Crippen molar-refractivity contribution in [1.29, 1.82) is 0 Å². The normalized spacial score (nSPS) is 14.5. The molecule has 212 valence electrons. The number of amides is 2. The first kappa shape index (κ1) is 29.3. The van der Waals surface area contributed by atoms with E-state index in [1.807, 2.05) is 51.1 Å². The molecular weight excluding hydrogens is 522 g/mol. The number of benzene rings is 3. The Morgan fingerprint density at radius 3 is 2.17 bits per heavy atom. The van der Waals surface area contributed by atoms with Crippen LogP contribution >= 0.6 is 0 Å². The molecule has 1 atom stereocenters. The Morgan fingerprint density at radius 1 is 0.900 bits per heavy atom. The number of rotatable bonds is 11. The predicted octanol–water partition coefficient (Wildman–Crippen LogP) is 5.36. The molecule has 7 nitrogen and oxygen atoms in total. The molecule has 40 heavy (non-hydrogen) atoms. The van der Waals surface area contributed by atoms with Gasteiger partial charge in [-0.2, -0.15) is 0 Å². The summed E-state index contributed by atoms with van der Waals surface area (Å²) >= 11 is 0. The fourth-order valence-electron chi connectivity index (χ4n) is 5.33. The summed E-state index contributed by atoms with van der Waals surface area (Å²) in [5, 5.41) is 3.15. The first-order chi connectivity index (χ1) is 19.2. The van der Waals surface area contributed by atoms with Crippen LogP contribution in [0.2, 0.25) is 0 Å². The van der Waals surface area contributed by atoms with Gasteiger partial charge in [-0.25, -0.2) is 8.42 Å². The number of hydrogen-bond donors (Lipinski definition) is 1. The minimum absolute atomic E-state index is 0.0977. The van der Waals surface area contributed by atoms with Crippen LogP contribution in [0.3, 0.4) is 0 Å². The molecule has 0 spiro atoms. The molecule has 0 aliphatic heterocycles. The zero-order valence-electron chi connectivity index (χ0n) is 23.5. The Balaban J connectivity index is 1.71. The number of carbonyl (C=O) groups excluding carboxylic acids is 2. The molecule has 1 N–H and O–H groups in total. The average molecular weight is 562 g/mol. The molecule has 3 aromatic rings. The van der Waals surface area contributed by atoms with E-state index in [1.54, 1.807) is 41.3 Å². The van der Waals surface area contributed by atoms with Crippen molar-refractivity contribution in [3.05, 3.63) is 95.6 Å². The summed E-state index contributed by atoms with van der Waals surface area (Å²) in [7, 11) is -4.07. The van der Waals surface area contributed by atoms with Crippen molar-refractivity contribution in [3.63, 3.8) is 0 Å². The lowest BCUT2D eigenvalue weighted by molar-refractivity contribution is -0.140. The summed E-state index contributed by atoms with van der Waals surface area (Å²) in [5.74, 6) is -0.626. The second-order valence-corrected chi connectivity index (χ2v) is 12.5. The Morgan fingerprint density at radius 2 is 1.55 bits per heavy atom. The van der Waals surface area contributed by atoms with Gasteiger partial charge in [0.2, 0.25) is 11.8 Å². The Kier molecular flexibility index (Phi) is 9.63. The number of aryl methyl sites for hydroxylation is 2. The third kappa shape index (κ3) is 7.10. The monoisotopic (exact) mass is 561 g/mol. The fourth-order valence-corrected chi connectivity index (χ4v) is 6.75. The van der Waals surface area contributed by atoms with E-state index < -0.39 is 28.5 Å². The maximum Gasteiger partial charge on any atom is 0.264 e. The Hall–Kier alpha value is -3.65. The van der Waals surface area contributed by atoms with Gasteiger partial charge in [0.1, 0.15) is 12.6 Å². The van der Waals surface area contributed by atoms with Gasteiger partial charge in [0.25, 0.3) is 10.0 Å². The zero-order valence-corrected chi connectivity index (χ0v) is 24.4. The maximum absolute atomic E-state index is 14.2. The molecule has 8 heteroatoms. The average Bonchev–Trinajstić information content (AvgIpc) is 3.45. The predicted molar refractivity (Wildman–Crippen MR) is 158 cm³/mol. The lowest BCUT2D eigenvalue weighted by Gasteiger charge is -2.34. The van der Waals surface area contributed by atoms with Crippen molar-refractivity contribution >= 4 is 27.5 Å². The summed E-state index contributed by atoms with van der Waals surface area (Å²) in [4.78, 5) is 29.3. The van der Waals surface area contributed by atoms with Gasteiger partial charge in [0, 0.05) is 12.6 Å². The van der Waals surface area contributed by atoms with Crippen molar-refractivity contribution in [3.8, 4) is 0 Å². The van der Waals surface area contributed by atoms with Gasteiger partial charge in [-0.15, -0.1) is 0 Å². The SMILES string of the molecule is CC[C@H](C(=O)NC1CCCC1)N(Cc1cccc(C)c1)C(=O)CN(c1cccc(C)c1)S(=O)(=O)c1ccccc1. The van der Waals surface area contributed by atoms with Crippen LogP contribution in [-0.2, 0) is 26.2 Å². The van der Waals surface area contributed by atoms with E-state index in [1.165, 1.54) is 12.1 Å². The van der Waals surface area contributed by atoms with E-state index in [-0.39, 0.29) is 23.4 Å². The van der Waals surface area contributed by atoms with Gasteiger partial charge >= 0.3 is 0 Å². The number of carbonyl (C=O) groups is 2. The van der Waals surface area contributed by atoms with Gasteiger partial charge in [0.15, 0.2) is 0 Å². The smallest absolute Gasteiger partial charge is 0.264 e. The van der Waals surface area contributed by atoms with Crippen LogP contribution in [0.5, 0.6) is 0 Å². The molecule has 4 rings (SSSR count). The standard InChI is InChI=1S/C32H39N3O4S/c1-4-30(32(37)33-27-15-8-9-16-27)34(22-26-14-10-12-24(2)20-26)31(36)23-35(28-17-11-13-25(3)21-28)40(38,39)29-18-6-5-7-19-29/h5-7,10-14,17-21,27,30H,4,8-9,15-16,22-23H2,1-3H3,(H,33,37)/t30-/m1/s1. The number of hydrogen-bond acceptors (Lipinski definition) is 4. The lowest BCUT2D eigenvalue weighted by atomic mass is 10.1. The van der Waals surface area contributed by atoms with Crippen LogP contribution < -0.4 is 9.62 Å². The second-order valence-electron chi connectivity index (χ2n) is 10.6. The highest BCUT2D eigenvalue weighted by Crippen LogP contribution is 2.26. The third-order valence-corrected chi connectivity index (χ3v) is 9.21. The molecule has 1 aliphatic carbocycles. The van der Waals surface area contributed by atoms with E-state index >= 15 is 0 Å². The van der Waals surface area contributed by atoms with Crippen LogP contribution in [0.15, 0.2) is 83.8 Å². The first-order valence-corrected chi connectivity index (χ1v) is 15.4. The van der Waals surface area contributed by atoms with Gasteiger partial charge in [-0.3, -0.25) is 13.9 Å². The van der Waals surface area contributed by atoms with E-state index in [0.717, 1.165) is 46.7 Å². The van der Waals surface area contributed by atoms with Crippen LogP contribution in [0.1, 0.15) is 55.7 Å².